The highest BCUT2D eigenvalue weighted by Gasteiger charge is 2.43. The Bertz CT molecular complexity index is 907. The molecule has 0 aromatic heterocycles. The van der Waals surface area contributed by atoms with Crippen molar-refractivity contribution in [1.29, 1.82) is 0 Å². The van der Waals surface area contributed by atoms with Crippen molar-refractivity contribution < 1.29 is 22.7 Å². The highest BCUT2D eigenvalue weighted by Crippen LogP contribution is 2.49. The van der Waals surface area contributed by atoms with Crippen LogP contribution in [0.25, 0.3) is 0 Å². The van der Waals surface area contributed by atoms with E-state index in [0.29, 0.717) is 5.56 Å². The quantitative estimate of drug-likeness (QED) is 0.523. The molecule has 1 aliphatic rings. The maximum absolute atomic E-state index is 12.7. The van der Waals surface area contributed by atoms with Gasteiger partial charge in [-0.1, -0.05) is 38.1 Å². The minimum absolute atomic E-state index is 0.0174. The number of ether oxygens (including phenoxy) is 1. The van der Waals surface area contributed by atoms with Crippen LogP contribution in [-0.4, -0.2) is 11.4 Å². The van der Waals surface area contributed by atoms with Crippen LogP contribution in [0.3, 0.4) is 0 Å². The number of carbonyl (C=O) groups excluding carboxylic acids is 1. The van der Waals surface area contributed by atoms with Crippen LogP contribution in [0.1, 0.15) is 69.2 Å². The molecule has 5 heteroatoms. The van der Waals surface area contributed by atoms with E-state index in [9.17, 15) is 18.0 Å². The molecule has 3 rings (SSSR count). The van der Waals surface area contributed by atoms with Gasteiger partial charge in [0, 0.05) is 23.8 Å². The molecular weight excluding hydrogens is 389 g/mol. The van der Waals surface area contributed by atoms with Crippen LogP contribution in [0.2, 0.25) is 0 Å². The fourth-order valence-corrected chi connectivity index (χ4v) is 4.64. The first-order chi connectivity index (χ1) is 14.0. The van der Waals surface area contributed by atoms with Crippen LogP contribution in [0.4, 0.5) is 13.2 Å². The van der Waals surface area contributed by atoms with Crippen molar-refractivity contribution in [3.63, 3.8) is 0 Å². The molecule has 2 aromatic carbocycles. The number of alkyl halides is 3. The summed E-state index contributed by atoms with van der Waals surface area (Å²) >= 11 is 0. The van der Waals surface area contributed by atoms with Gasteiger partial charge in [-0.3, -0.25) is 4.79 Å². The second kappa shape index (κ2) is 8.09. The molecule has 30 heavy (non-hydrogen) atoms. The number of hydrogen-bond acceptors (Lipinski definition) is 2. The number of Topliss-reactive ketones (excluding diaryl/α,β-unsaturated/α-hetero) is 1. The maximum atomic E-state index is 12.7. The molecule has 0 aliphatic carbocycles. The van der Waals surface area contributed by atoms with Gasteiger partial charge in [0.05, 0.1) is 5.56 Å². The van der Waals surface area contributed by atoms with Gasteiger partial charge in [0.2, 0.25) is 0 Å². The molecule has 0 saturated carbocycles. The third kappa shape index (κ3) is 4.71. The zero-order valence-corrected chi connectivity index (χ0v) is 18.0. The van der Waals surface area contributed by atoms with Crippen LogP contribution in [-0.2, 0) is 29.2 Å². The number of ketones is 1. The molecule has 0 atom stereocenters. The van der Waals surface area contributed by atoms with Crippen molar-refractivity contribution >= 4 is 5.78 Å². The van der Waals surface area contributed by atoms with Crippen molar-refractivity contribution in [2.75, 3.05) is 0 Å². The second-order valence-electron chi connectivity index (χ2n) is 8.94. The molecule has 0 unspecified atom stereocenters. The number of fused-ring (bicyclic) bond motifs is 1. The molecule has 0 radical (unpaired) electrons. The van der Waals surface area contributed by atoms with E-state index in [1.165, 1.54) is 12.1 Å². The maximum Gasteiger partial charge on any atom is 0.416 e. The molecule has 0 fully saturated rings. The lowest BCUT2D eigenvalue weighted by Crippen LogP contribution is -2.43. The molecule has 1 heterocycles. The van der Waals surface area contributed by atoms with Gasteiger partial charge in [-0.25, -0.2) is 0 Å². The Labute approximate surface area is 176 Å². The van der Waals surface area contributed by atoms with Crippen molar-refractivity contribution in [3.8, 4) is 5.75 Å². The Balaban J connectivity index is 1.77. The average molecular weight is 418 g/mol. The summed E-state index contributed by atoms with van der Waals surface area (Å²) in [5, 5.41) is 0. The highest BCUT2D eigenvalue weighted by molar-refractivity contribution is 5.83. The molecule has 0 bridgehead atoms. The molecule has 162 valence electrons. The smallest absolute Gasteiger partial charge is 0.416 e. The van der Waals surface area contributed by atoms with Crippen molar-refractivity contribution in [2.45, 2.75) is 77.0 Å². The van der Waals surface area contributed by atoms with E-state index in [-0.39, 0.29) is 29.6 Å². The summed E-state index contributed by atoms with van der Waals surface area (Å²) in [5.74, 6) is 0.860. The third-order valence-electron chi connectivity index (χ3n) is 6.20. The SMILES string of the molecule is CCC1(CC)CC(C)(C)Oc2ccc(CC(=O)Cc3ccc(C(F)(F)F)cc3)cc21. The summed E-state index contributed by atoms with van der Waals surface area (Å²) in [4.78, 5) is 12.6. The number of halogens is 3. The van der Waals surface area contributed by atoms with Crippen LogP contribution in [0.15, 0.2) is 42.5 Å². The Morgan fingerprint density at radius 2 is 1.53 bits per heavy atom. The second-order valence-corrected chi connectivity index (χ2v) is 8.94. The van der Waals surface area contributed by atoms with E-state index in [4.69, 9.17) is 4.74 Å². The molecule has 0 spiro atoms. The molecule has 0 saturated heterocycles. The van der Waals surface area contributed by atoms with E-state index in [0.717, 1.165) is 48.3 Å². The van der Waals surface area contributed by atoms with Crippen LogP contribution in [0, 0.1) is 0 Å². The van der Waals surface area contributed by atoms with Crippen LogP contribution in [0.5, 0.6) is 5.75 Å². The summed E-state index contributed by atoms with van der Waals surface area (Å²) in [6.07, 6.45) is -1.10. The van der Waals surface area contributed by atoms with Crippen LogP contribution < -0.4 is 4.74 Å². The number of carbonyl (C=O) groups is 1. The Morgan fingerprint density at radius 3 is 2.10 bits per heavy atom. The summed E-state index contributed by atoms with van der Waals surface area (Å²) in [5.41, 5.74) is 1.74. The van der Waals surface area contributed by atoms with Crippen LogP contribution >= 0.6 is 0 Å². The first-order valence-corrected chi connectivity index (χ1v) is 10.5. The van der Waals surface area contributed by atoms with Crippen molar-refractivity contribution in [3.05, 3.63) is 64.7 Å². The van der Waals surface area contributed by atoms with E-state index >= 15 is 0 Å². The first kappa shape index (κ1) is 22.4. The summed E-state index contributed by atoms with van der Waals surface area (Å²) in [6.45, 7) is 8.60. The summed E-state index contributed by atoms with van der Waals surface area (Å²) in [7, 11) is 0. The monoisotopic (exact) mass is 418 g/mol. The zero-order valence-electron chi connectivity index (χ0n) is 18.0. The summed E-state index contributed by atoms with van der Waals surface area (Å²) in [6, 6.07) is 10.8. The normalized spacial score (nSPS) is 17.2. The fourth-order valence-electron chi connectivity index (χ4n) is 4.64. The standard InChI is InChI=1S/C25H29F3O2/c1-5-24(6-2)16-23(3,4)30-22-12-9-18(15-21(22)24)14-20(29)13-17-7-10-19(11-8-17)25(26,27)28/h7-12,15H,5-6,13-14,16H2,1-4H3. The summed E-state index contributed by atoms with van der Waals surface area (Å²) < 4.78 is 44.3. The van der Waals surface area contributed by atoms with Gasteiger partial charge in [0.1, 0.15) is 17.1 Å². The van der Waals surface area contributed by atoms with Gasteiger partial charge >= 0.3 is 6.18 Å². The highest BCUT2D eigenvalue weighted by atomic mass is 19.4. The van der Waals surface area contributed by atoms with Gasteiger partial charge in [-0.15, -0.1) is 0 Å². The minimum atomic E-state index is -4.37. The third-order valence-corrected chi connectivity index (χ3v) is 6.20. The Hall–Kier alpha value is -2.30. The molecule has 0 amide bonds. The molecule has 2 aromatic rings. The Morgan fingerprint density at radius 1 is 0.967 bits per heavy atom. The molecule has 0 N–H and O–H groups in total. The lowest BCUT2D eigenvalue weighted by Gasteiger charge is -2.46. The predicted octanol–water partition coefficient (Wildman–Crippen LogP) is 6.68. The first-order valence-electron chi connectivity index (χ1n) is 10.5. The number of benzene rings is 2. The van der Waals surface area contributed by atoms with Gasteiger partial charge in [0.15, 0.2) is 0 Å². The van der Waals surface area contributed by atoms with Gasteiger partial charge in [0.25, 0.3) is 0 Å². The minimum Gasteiger partial charge on any atom is -0.488 e. The van der Waals surface area contributed by atoms with Crippen molar-refractivity contribution in [1.82, 2.24) is 0 Å². The zero-order chi connectivity index (χ0) is 22.2. The molecule has 2 nitrogen and oxygen atoms in total. The molecule has 1 aliphatic heterocycles. The van der Waals surface area contributed by atoms with Gasteiger partial charge in [-0.05, 0) is 62.4 Å². The van der Waals surface area contributed by atoms with E-state index in [1.807, 2.05) is 12.1 Å². The average Bonchev–Trinajstić information content (AvgIpc) is 2.66. The van der Waals surface area contributed by atoms with Gasteiger partial charge < -0.3 is 4.74 Å². The van der Waals surface area contributed by atoms with Gasteiger partial charge in [-0.2, -0.15) is 13.2 Å². The molecular formula is C25H29F3O2. The lowest BCUT2D eigenvalue weighted by molar-refractivity contribution is -0.137. The van der Waals surface area contributed by atoms with E-state index in [1.54, 1.807) is 0 Å². The number of rotatable bonds is 6. The van der Waals surface area contributed by atoms with Crippen molar-refractivity contribution in [2.24, 2.45) is 0 Å². The Kier molecular flexibility index (Phi) is 6.03. The predicted molar refractivity (Wildman–Crippen MR) is 112 cm³/mol. The largest absolute Gasteiger partial charge is 0.488 e. The van der Waals surface area contributed by atoms with E-state index < -0.39 is 11.7 Å². The lowest BCUT2D eigenvalue weighted by atomic mass is 9.67. The number of hydrogen-bond donors (Lipinski definition) is 0. The van der Waals surface area contributed by atoms with E-state index in [2.05, 4.69) is 33.8 Å². The fraction of sp³-hybridized carbons (Fsp3) is 0.480. The topological polar surface area (TPSA) is 26.3 Å².